The van der Waals surface area contributed by atoms with E-state index in [4.69, 9.17) is 0 Å². The number of hydrogen-bond acceptors (Lipinski definition) is 1. The Morgan fingerprint density at radius 1 is 1.00 bits per heavy atom. The molecular formula is C20H28F3NO. The van der Waals surface area contributed by atoms with Crippen LogP contribution in [0, 0.1) is 0 Å². The minimum absolute atomic E-state index is 0.181. The molecular weight excluding hydrogens is 327 g/mol. The standard InChI is InChI=1S/C20H28F3NO/c1-2-24-18-12-11-16(14-17(18)15-19(24)25)10-8-6-4-3-5-7-9-13-20(21,22)23/h11-12,14H,2-10,13,15H2,1H3. The molecule has 0 aliphatic carbocycles. The molecule has 2 rings (SSSR count). The van der Waals surface area contributed by atoms with Crippen LogP contribution < -0.4 is 4.90 Å². The molecule has 1 heterocycles. The molecule has 0 atom stereocenters. The van der Waals surface area contributed by atoms with Crippen molar-refractivity contribution in [1.29, 1.82) is 0 Å². The molecule has 0 saturated heterocycles. The van der Waals surface area contributed by atoms with Crippen LogP contribution in [0.1, 0.15) is 69.4 Å². The van der Waals surface area contributed by atoms with Crippen molar-refractivity contribution in [1.82, 2.24) is 0 Å². The second kappa shape index (κ2) is 9.25. The number of nitrogens with zero attached hydrogens (tertiary/aromatic N) is 1. The van der Waals surface area contributed by atoms with Crippen LogP contribution in [-0.4, -0.2) is 18.6 Å². The Hall–Kier alpha value is -1.52. The van der Waals surface area contributed by atoms with E-state index in [1.54, 1.807) is 0 Å². The summed E-state index contributed by atoms with van der Waals surface area (Å²) in [7, 11) is 0. The number of halogens is 3. The van der Waals surface area contributed by atoms with Gasteiger partial charge in [-0.2, -0.15) is 13.2 Å². The fourth-order valence-corrected chi connectivity index (χ4v) is 3.48. The van der Waals surface area contributed by atoms with E-state index in [9.17, 15) is 18.0 Å². The van der Waals surface area contributed by atoms with Gasteiger partial charge in [0.15, 0.2) is 0 Å². The van der Waals surface area contributed by atoms with Crippen molar-refractivity contribution >= 4 is 11.6 Å². The number of carbonyl (C=O) groups excluding carboxylic acids is 1. The molecule has 0 saturated carbocycles. The lowest BCUT2D eigenvalue weighted by atomic mass is 10.0. The molecule has 140 valence electrons. The average molecular weight is 355 g/mol. The molecule has 25 heavy (non-hydrogen) atoms. The molecule has 0 unspecified atom stereocenters. The summed E-state index contributed by atoms with van der Waals surface area (Å²) in [4.78, 5) is 13.7. The van der Waals surface area contributed by atoms with E-state index >= 15 is 0 Å². The predicted molar refractivity (Wildman–Crippen MR) is 94.9 cm³/mol. The van der Waals surface area contributed by atoms with Gasteiger partial charge in [0.05, 0.1) is 6.42 Å². The summed E-state index contributed by atoms with van der Waals surface area (Å²) in [5, 5.41) is 0. The summed E-state index contributed by atoms with van der Waals surface area (Å²) < 4.78 is 36.1. The van der Waals surface area contributed by atoms with Crippen LogP contribution in [0.2, 0.25) is 0 Å². The monoisotopic (exact) mass is 355 g/mol. The smallest absolute Gasteiger partial charge is 0.312 e. The van der Waals surface area contributed by atoms with Crippen LogP contribution in [0.25, 0.3) is 0 Å². The minimum Gasteiger partial charge on any atom is -0.312 e. The molecule has 1 aliphatic rings. The lowest BCUT2D eigenvalue weighted by Gasteiger charge is -2.14. The number of carbonyl (C=O) groups is 1. The fourth-order valence-electron chi connectivity index (χ4n) is 3.48. The van der Waals surface area contributed by atoms with Crippen molar-refractivity contribution in [2.24, 2.45) is 0 Å². The summed E-state index contributed by atoms with van der Waals surface area (Å²) in [5.41, 5.74) is 3.46. The maximum Gasteiger partial charge on any atom is 0.389 e. The maximum absolute atomic E-state index is 12.0. The van der Waals surface area contributed by atoms with Gasteiger partial charge in [-0.1, -0.05) is 44.2 Å². The first-order valence-electron chi connectivity index (χ1n) is 9.39. The Bertz CT molecular complexity index is 569. The van der Waals surface area contributed by atoms with E-state index in [0.717, 1.165) is 49.8 Å². The second-order valence-electron chi connectivity index (χ2n) is 6.87. The number of anilines is 1. The number of hydrogen-bond donors (Lipinski definition) is 0. The summed E-state index contributed by atoms with van der Waals surface area (Å²) in [6.07, 6.45) is 2.97. The molecule has 0 fully saturated rings. The molecule has 0 bridgehead atoms. The molecule has 0 radical (unpaired) electrons. The van der Waals surface area contributed by atoms with Gasteiger partial charge in [0.1, 0.15) is 0 Å². The third kappa shape index (κ3) is 6.37. The Kier molecular flexibility index (Phi) is 7.33. The number of unbranched alkanes of at least 4 members (excludes halogenated alkanes) is 6. The molecule has 5 heteroatoms. The number of benzene rings is 1. The number of amides is 1. The number of rotatable bonds is 10. The van der Waals surface area contributed by atoms with Gasteiger partial charge in [-0.05, 0) is 43.4 Å². The zero-order chi connectivity index (χ0) is 18.3. The molecule has 1 aromatic carbocycles. The van der Waals surface area contributed by atoms with Gasteiger partial charge in [-0.15, -0.1) is 0 Å². The predicted octanol–water partition coefficient (Wildman–Crippen LogP) is 5.82. The van der Waals surface area contributed by atoms with Crippen molar-refractivity contribution < 1.29 is 18.0 Å². The molecule has 0 spiro atoms. The molecule has 2 nitrogen and oxygen atoms in total. The van der Waals surface area contributed by atoms with Crippen molar-refractivity contribution in [3.8, 4) is 0 Å². The third-order valence-electron chi connectivity index (χ3n) is 4.82. The van der Waals surface area contributed by atoms with Gasteiger partial charge in [-0.3, -0.25) is 4.79 Å². The molecule has 1 amide bonds. The van der Waals surface area contributed by atoms with E-state index in [0.29, 0.717) is 19.4 Å². The Labute approximate surface area is 148 Å². The third-order valence-corrected chi connectivity index (χ3v) is 4.82. The van der Waals surface area contributed by atoms with Gasteiger partial charge in [-0.25, -0.2) is 0 Å². The second-order valence-corrected chi connectivity index (χ2v) is 6.87. The number of aryl methyl sites for hydroxylation is 1. The summed E-state index contributed by atoms with van der Waals surface area (Å²) in [5.74, 6) is 0.181. The summed E-state index contributed by atoms with van der Waals surface area (Å²) in [6, 6.07) is 6.32. The highest BCUT2D eigenvalue weighted by molar-refractivity contribution is 6.01. The zero-order valence-electron chi connectivity index (χ0n) is 15.0. The quantitative estimate of drug-likeness (QED) is 0.484. The highest BCUT2D eigenvalue weighted by atomic mass is 19.4. The largest absolute Gasteiger partial charge is 0.389 e. The van der Waals surface area contributed by atoms with Crippen LogP contribution in [0.3, 0.4) is 0 Å². The fraction of sp³-hybridized carbons (Fsp3) is 0.650. The Morgan fingerprint density at radius 2 is 1.64 bits per heavy atom. The first-order valence-corrected chi connectivity index (χ1v) is 9.39. The molecule has 0 N–H and O–H groups in total. The van der Waals surface area contributed by atoms with E-state index in [1.165, 1.54) is 5.56 Å². The minimum atomic E-state index is -4.01. The van der Waals surface area contributed by atoms with Gasteiger partial charge < -0.3 is 4.90 Å². The lowest BCUT2D eigenvalue weighted by molar-refractivity contribution is -0.135. The van der Waals surface area contributed by atoms with Gasteiger partial charge in [0, 0.05) is 18.7 Å². The van der Waals surface area contributed by atoms with Gasteiger partial charge in [0.25, 0.3) is 0 Å². The van der Waals surface area contributed by atoms with Crippen molar-refractivity contribution in [2.45, 2.75) is 77.3 Å². The molecule has 1 aromatic rings. The zero-order valence-corrected chi connectivity index (χ0v) is 15.0. The van der Waals surface area contributed by atoms with E-state index in [-0.39, 0.29) is 12.3 Å². The Balaban J connectivity index is 1.59. The molecule has 1 aliphatic heterocycles. The van der Waals surface area contributed by atoms with E-state index < -0.39 is 12.6 Å². The SMILES string of the molecule is CCN1C(=O)Cc2cc(CCCCCCCCCC(F)(F)F)ccc21. The van der Waals surface area contributed by atoms with Crippen molar-refractivity contribution in [2.75, 3.05) is 11.4 Å². The topological polar surface area (TPSA) is 20.3 Å². The van der Waals surface area contributed by atoms with Crippen LogP contribution in [0.15, 0.2) is 18.2 Å². The number of alkyl halides is 3. The molecule has 0 aromatic heterocycles. The van der Waals surface area contributed by atoms with Crippen LogP contribution in [-0.2, 0) is 17.6 Å². The van der Waals surface area contributed by atoms with Crippen LogP contribution in [0.4, 0.5) is 18.9 Å². The van der Waals surface area contributed by atoms with Crippen LogP contribution in [0.5, 0.6) is 0 Å². The first-order chi connectivity index (χ1) is 11.9. The van der Waals surface area contributed by atoms with Crippen molar-refractivity contribution in [3.05, 3.63) is 29.3 Å². The van der Waals surface area contributed by atoms with E-state index in [2.05, 4.69) is 18.2 Å². The van der Waals surface area contributed by atoms with Gasteiger partial charge in [0.2, 0.25) is 5.91 Å². The number of likely N-dealkylation sites (N-methyl/N-ethyl adjacent to an activating group) is 1. The summed E-state index contributed by atoms with van der Waals surface area (Å²) >= 11 is 0. The first kappa shape index (κ1) is 19.8. The summed E-state index contributed by atoms with van der Waals surface area (Å²) in [6.45, 7) is 2.71. The number of fused-ring (bicyclic) bond motifs is 1. The lowest BCUT2D eigenvalue weighted by Crippen LogP contribution is -2.25. The van der Waals surface area contributed by atoms with E-state index in [1.807, 2.05) is 11.8 Å². The maximum atomic E-state index is 12.0. The van der Waals surface area contributed by atoms with Crippen LogP contribution >= 0.6 is 0 Å². The average Bonchev–Trinajstić information content (AvgIpc) is 2.86. The van der Waals surface area contributed by atoms with Gasteiger partial charge >= 0.3 is 6.18 Å². The highest BCUT2D eigenvalue weighted by Gasteiger charge is 2.26. The van der Waals surface area contributed by atoms with Crippen molar-refractivity contribution in [3.63, 3.8) is 0 Å². The Morgan fingerprint density at radius 3 is 2.28 bits per heavy atom. The highest BCUT2D eigenvalue weighted by Crippen LogP contribution is 2.30. The normalized spacial score (nSPS) is 14.2.